The number of nitrogens with zero attached hydrogens (tertiary/aromatic N) is 4. The van der Waals surface area contributed by atoms with Crippen LogP contribution < -0.4 is 10.6 Å². The van der Waals surface area contributed by atoms with Gasteiger partial charge in [-0.1, -0.05) is 0 Å². The third kappa shape index (κ3) is 3.16. The van der Waals surface area contributed by atoms with Gasteiger partial charge in [-0.3, -0.25) is 4.79 Å². The summed E-state index contributed by atoms with van der Waals surface area (Å²) < 4.78 is 0.282. The van der Waals surface area contributed by atoms with Gasteiger partial charge in [-0.15, -0.1) is 0 Å². The van der Waals surface area contributed by atoms with Crippen LogP contribution in [0.5, 0.6) is 0 Å². The molecule has 2 aromatic heterocycles. The maximum atomic E-state index is 10.7. The van der Waals surface area contributed by atoms with Crippen LogP contribution in [0.4, 0.5) is 11.5 Å². The lowest BCUT2D eigenvalue weighted by Gasteiger charge is -2.19. The Morgan fingerprint density at radius 1 is 1.30 bits per heavy atom. The number of fused-ring (bicyclic) bond motifs is 1. The van der Waals surface area contributed by atoms with Gasteiger partial charge in [-0.2, -0.15) is 4.98 Å². The fraction of sp³-hybridized carbons (Fsp3) is 0.133. The molecule has 0 aliphatic heterocycles. The normalized spacial score (nSPS) is 10.7. The minimum atomic E-state index is 0.282. The zero-order chi connectivity index (χ0) is 16.4. The van der Waals surface area contributed by atoms with Gasteiger partial charge in [0.2, 0.25) is 4.77 Å². The van der Waals surface area contributed by atoms with E-state index in [-0.39, 0.29) is 4.77 Å². The summed E-state index contributed by atoms with van der Waals surface area (Å²) in [6.45, 7) is 0.540. The zero-order valence-corrected chi connectivity index (χ0v) is 13.2. The monoisotopic (exact) mass is 326 g/mol. The smallest absolute Gasteiger partial charge is 0.200 e. The second-order valence-corrected chi connectivity index (χ2v) is 5.44. The Morgan fingerprint density at radius 2 is 2.04 bits per heavy atom. The number of hydrogen-bond acceptors (Lipinski definition) is 7. The average molecular weight is 326 g/mol. The number of hydrogen-bond donors (Lipinski definition) is 2. The fourth-order valence-corrected chi connectivity index (χ4v) is 2.39. The quantitative estimate of drug-likeness (QED) is 0.559. The first kappa shape index (κ1) is 15.0. The number of H-pyrrole nitrogens is 1. The summed E-state index contributed by atoms with van der Waals surface area (Å²) in [7, 11) is 1.93. The molecular formula is C15H14N6OS. The van der Waals surface area contributed by atoms with E-state index in [2.05, 4.69) is 19.9 Å². The summed E-state index contributed by atoms with van der Waals surface area (Å²) in [6, 6.07) is 7.30. The molecule has 3 N–H and O–H groups in total. The SMILES string of the molecule is CN(Cc1cnc2nc(=S)[nH]c(N)c2n1)c1ccc(C=O)cc1. The maximum Gasteiger partial charge on any atom is 0.200 e. The number of nitrogens with two attached hydrogens (primary N) is 1. The summed E-state index contributed by atoms with van der Waals surface area (Å²) in [5.74, 6) is 0.354. The van der Waals surface area contributed by atoms with Crippen LogP contribution in [0.25, 0.3) is 11.2 Å². The minimum absolute atomic E-state index is 0.282. The van der Waals surface area contributed by atoms with Crippen LogP contribution in [0, 0.1) is 4.77 Å². The number of aldehydes is 1. The molecule has 0 atom stereocenters. The molecule has 7 nitrogen and oxygen atoms in total. The van der Waals surface area contributed by atoms with Gasteiger partial charge in [-0.25, -0.2) is 9.97 Å². The molecule has 0 aliphatic rings. The molecule has 0 spiro atoms. The van der Waals surface area contributed by atoms with Gasteiger partial charge in [0, 0.05) is 18.3 Å². The summed E-state index contributed by atoms with van der Waals surface area (Å²) in [5.41, 5.74) is 9.17. The number of aromatic amines is 1. The van der Waals surface area contributed by atoms with Crippen LogP contribution in [0.1, 0.15) is 16.1 Å². The number of benzene rings is 1. The Hall–Kier alpha value is -2.87. The molecule has 2 heterocycles. The Morgan fingerprint density at radius 3 is 2.74 bits per heavy atom. The van der Waals surface area contributed by atoms with Crippen LogP contribution in [-0.4, -0.2) is 33.3 Å². The van der Waals surface area contributed by atoms with Crippen LogP contribution in [0.15, 0.2) is 30.5 Å². The molecule has 8 heteroatoms. The first-order valence-electron chi connectivity index (χ1n) is 6.84. The van der Waals surface area contributed by atoms with Crippen molar-refractivity contribution in [3.05, 3.63) is 46.5 Å². The summed E-state index contributed by atoms with van der Waals surface area (Å²) in [4.78, 5) is 28.3. The van der Waals surface area contributed by atoms with Crippen molar-refractivity contribution in [2.24, 2.45) is 0 Å². The van der Waals surface area contributed by atoms with Gasteiger partial charge < -0.3 is 15.6 Å². The lowest BCUT2D eigenvalue weighted by Crippen LogP contribution is -2.17. The van der Waals surface area contributed by atoms with Crippen LogP contribution in [0.3, 0.4) is 0 Å². The molecule has 3 rings (SSSR count). The lowest BCUT2D eigenvalue weighted by atomic mass is 10.2. The number of carbonyl (C=O) groups excluding carboxylic acids is 1. The van der Waals surface area contributed by atoms with Crippen molar-refractivity contribution in [1.82, 2.24) is 19.9 Å². The highest BCUT2D eigenvalue weighted by molar-refractivity contribution is 7.71. The van der Waals surface area contributed by atoms with Crippen LogP contribution >= 0.6 is 12.2 Å². The first-order chi connectivity index (χ1) is 11.1. The Bertz CT molecular complexity index is 921. The van der Waals surface area contributed by atoms with Gasteiger partial charge in [0.1, 0.15) is 17.6 Å². The molecule has 116 valence electrons. The highest BCUT2D eigenvalue weighted by Crippen LogP contribution is 2.17. The van der Waals surface area contributed by atoms with E-state index in [0.29, 0.717) is 29.1 Å². The Balaban J connectivity index is 1.88. The second kappa shape index (κ2) is 6.09. The minimum Gasteiger partial charge on any atom is -0.383 e. The number of aromatic nitrogens is 4. The zero-order valence-electron chi connectivity index (χ0n) is 12.4. The van der Waals surface area contributed by atoms with Crippen molar-refractivity contribution in [3.63, 3.8) is 0 Å². The van der Waals surface area contributed by atoms with E-state index in [0.717, 1.165) is 17.7 Å². The first-order valence-corrected chi connectivity index (χ1v) is 7.25. The highest BCUT2D eigenvalue weighted by atomic mass is 32.1. The highest BCUT2D eigenvalue weighted by Gasteiger charge is 2.08. The molecule has 23 heavy (non-hydrogen) atoms. The van der Waals surface area contributed by atoms with Crippen molar-refractivity contribution >= 4 is 41.2 Å². The van der Waals surface area contributed by atoms with Gasteiger partial charge in [0.05, 0.1) is 18.4 Å². The Kier molecular flexibility index (Phi) is 3.98. The number of nitrogens with one attached hydrogen (secondary N) is 1. The molecule has 0 radical (unpaired) electrons. The maximum absolute atomic E-state index is 10.7. The summed E-state index contributed by atoms with van der Waals surface area (Å²) >= 11 is 4.97. The molecule has 0 amide bonds. The predicted molar refractivity (Wildman–Crippen MR) is 90.9 cm³/mol. The van der Waals surface area contributed by atoms with Crippen LogP contribution in [0.2, 0.25) is 0 Å². The molecular weight excluding hydrogens is 312 g/mol. The average Bonchev–Trinajstić information content (AvgIpc) is 2.55. The van der Waals surface area contributed by atoms with Crippen molar-refractivity contribution in [3.8, 4) is 0 Å². The third-order valence-electron chi connectivity index (χ3n) is 3.38. The van der Waals surface area contributed by atoms with Crippen LogP contribution in [-0.2, 0) is 6.54 Å². The van der Waals surface area contributed by atoms with E-state index in [1.54, 1.807) is 18.3 Å². The van der Waals surface area contributed by atoms with E-state index >= 15 is 0 Å². The standard InChI is InChI=1S/C15H14N6OS/c1-21(11-4-2-9(8-22)3-5-11)7-10-6-17-14-12(18-10)13(16)19-15(23)20-14/h2-6,8H,7H2,1H3,(H3,16,17,19,20,23). The van der Waals surface area contributed by atoms with E-state index < -0.39 is 0 Å². The topological polar surface area (TPSA) is 101 Å². The number of anilines is 2. The number of carbonyl (C=O) groups is 1. The largest absolute Gasteiger partial charge is 0.383 e. The summed E-state index contributed by atoms with van der Waals surface area (Å²) in [6.07, 6.45) is 2.47. The van der Waals surface area contributed by atoms with Gasteiger partial charge >= 0.3 is 0 Å². The van der Waals surface area contributed by atoms with Crippen molar-refractivity contribution in [2.75, 3.05) is 17.7 Å². The molecule has 0 saturated carbocycles. The van der Waals surface area contributed by atoms with E-state index in [9.17, 15) is 4.79 Å². The molecule has 0 saturated heterocycles. The summed E-state index contributed by atoms with van der Waals surface area (Å²) in [5, 5.41) is 0. The van der Waals surface area contributed by atoms with Crippen molar-refractivity contribution < 1.29 is 4.79 Å². The third-order valence-corrected chi connectivity index (χ3v) is 3.57. The Labute approximate surface area is 137 Å². The molecule has 0 fully saturated rings. The molecule has 1 aromatic carbocycles. The fourth-order valence-electron chi connectivity index (χ4n) is 2.20. The molecule has 0 unspecified atom stereocenters. The molecule has 0 bridgehead atoms. The van der Waals surface area contributed by atoms with E-state index in [1.807, 2.05) is 24.1 Å². The van der Waals surface area contributed by atoms with Crippen molar-refractivity contribution in [1.29, 1.82) is 0 Å². The van der Waals surface area contributed by atoms with Gasteiger partial charge in [-0.05, 0) is 36.5 Å². The molecule has 3 aromatic rings. The number of nitrogen functional groups attached to an aromatic ring is 1. The lowest BCUT2D eigenvalue weighted by molar-refractivity contribution is 0.112. The van der Waals surface area contributed by atoms with Crippen molar-refractivity contribution in [2.45, 2.75) is 6.54 Å². The molecule has 0 aliphatic carbocycles. The number of rotatable bonds is 4. The second-order valence-electron chi connectivity index (χ2n) is 5.05. The van der Waals surface area contributed by atoms with Gasteiger partial charge in [0.25, 0.3) is 0 Å². The van der Waals surface area contributed by atoms with E-state index in [4.69, 9.17) is 18.0 Å². The van der Waals surface area contributed by atoms with Gasteiger partial charge in [0.15, 0.2) is 5.65 Å². The van der Waals surface area contributed by atoms with E-state index in [1.165, 1.54) is 0 Å². The predicted octanol–water partition coefficient (Wildman–Crippen LogP) is 2.11.